The van der Waals surface area contributed by atoms with Crippen LogP contribution in [0.2, 0.25) is 0 Å². The van der Waals surface area contributed by atoms with Gasteiger partial charge in [0.15, 0.2) is 0 Å². The third-order valence-electron chi connectivity index (χ3n) is 5.18. The lowest BCUT2D eigenvalue weighted by Gasteiger charge is -2.33. The molecule has 0 heterocycles. The van der Waals surface area contributed by atoms with Crippen molar-refractivity contribution in [2.24, 2.45) is 11.7 Å². The third kappa shape index (κ3) is 12.5. The van der Waals surface area contributed by atoms with Gasteiger partial charge in [-0.25, -0.2) is 4.79 Å². The summed E-state index contributed by atoms with van der Waals surface area (Å²) < 4.78 is 5.40. The fraction of sp³-hybridized carbons (Fsp3) is 0.680. The Hall–Kier alpha value is -1.92. The second kappa shape index (κ2) is 13.5. The van der Waals surface area contributed by atoms with E-state index < -0.39 is 29.9 Å². The van der Waals surface area contributed by atoms with Gasteiger partial charge in [-0.1, -0.05) is 62.4 Å². The summed E-state index contributed by atoms with van der Waals surface area (Å²) in [6.07, 6.45) is 6.00. The van der Waals surface area contributed by atoms with Gasteiger partial charge in [0.1, 0.15) is 11.4 Å². The smallest absolute Gasteiger partial charge is 0.407 e. The van der Waals surface area contributed by atoms with Crippen LogP contribution in [0.4, 0.5) is 4.79 Å². The number of alkyl carbamates (subject to hydrolysis) is 1. The first-order valence-corrected chi connectivity index (χ1v) is 11.4. The number of nitrogens with two attached hydrogens (primary N) is 1. The Balaban J connectivity index is 0.00000110. The molecule has 0 unspecified atom stereocenters. The van der Waals surface area contributed by atoms with E-state index in [1.165, 1.54) is 33.1 Å². The molecule has 31 heavy (non-hydrogen) atoms. The highest BCUT2D eigenvalue weighted by Gasteiger charge is 2.31. The molecule has 1 aromatic rings. The van der Waals surface area contributed by atoms with E-state index in [2.05, 4.69) is 5.32 Å². The zero-order valence-electron chi connectivity index (χ0n) is 19.9. The maximum atomic E-state index is 12.3. The van der Waals surface area contributed by atoms with E-state index in [1.807, 2.05) is 51.1 Å². The Kier molecular flexibility index (Phi) is 11.8. The highest BCUT2D eigenvalue weighted by Crippen LogP contribution is 2.28. The Labute approximate surface area is 187 Å². The number of amides is 1. The molecule has 1 aromatic carbocycles. The Morgan fingerprint density at radius 1 is 1.13 bits per heavy atom. The van der Waals surface area contributed by atoms with Gasteiger partial charge in [0.05, 0.1) is 12.1 Å². The number of carbonyl (C=O) groups excluding carboxylic acids is 2. The molecule has 0 aliphatic heterocycles. The van der Waals surface area contributed by atoms with E-state index in [0.29, 0.717) is 12.3 Å². The quantitative estimate of drug-likeness (QED) is 0.591. The average molecular weight is 435 g/mol. The molecular formula is C25H42N2O4. The summed E-state index contributed by atoms with van der Waals surface area (Å²) in [5.74, 6) is 0.678. The van der Waals surface area contributed by atoms with Gasteiger partial charge < -0.3 is 25.7 Å². The van der Waals surface area contributed by atoms with E-state index in [9.17, 15) is 14.7 Å². The van der Waals surface area contributed by atoms with Crippen molar-refractivity contribution in [2.45, 2.75) is 103 Å². The fourth-order valence-corrected chi connectivity index (χ4v) is 3.83. The lowest BCUT2D eigenvalue weighted by atomic mass is 9.82. The number of hydrogen-bond donors (Lipinski definition) is 3. The Morgan fingerprint density at radius 3 is 2.19 bits per heavy atom. The molecule has 0 saturated heterocycles. The summed E-state index contributed by atoms with van der Waals surface area (Å²) in [5.41, 5.74) is 6.82. The van der Waals surface area contributed by atoms with Gasteiger partial charge in [-0.3, -0.25) is 0 Å². The van der Waals surface area contributed by atoms with E-state index in [4.69, 9.17) is 10.5 Å². The zero-order valence-corrected chi connectivity index (χ0v) is 19.9. The standard InChI is InChI=1S/C22H36N2O3.C3H6O/c1-22(2,3)27-21(26)24-19(15-17-12-8-5-9-13-17)20(25)18(23)14-16-10-6-4-7-11-16;1-3(2)4/h4,6-7,10-11,17-20,25H,5,8-9,12-15,23H2,1-3H3,(H,24,26);1-2H3/t18-,19-,20+;/m1./s1. The molecular weight excluding hydrogens is 392 g/mol. The number of ether oxygens (including phenoxy) is 1. The normalized spacial score (nSPS) is 17.5. The van der Waals surface area contributed by atoms with Crippen LogP contribution in [-0.4, -0.2) is 40.8 Å². The average Bonchev–Trinajstić information content (AvgIpc) is 2.66. The molecule has 6 heteroatoms. The molecule has 1 fully saturated rings. The molecule has 2 rings (SSSR count). The molecule has 0 aromatic heterocycles. The first-order valence-electron chi connectivity index (χ1n) is 11.4. The lowest BCUT2D eigenvalue weighted by Crippen LogP contribution is -2.53. The van der Waals surface area contributed by atoms with Crippen molar-refractivity contribution in [3.8, 4) is 0 Å². The number of rotatable bonds is 7. The van der Waals surface area contributed by atoms with Gasteiger partial charge >= 0.3 is 6.09 Å². The van der Waals surface area contributed by atoms with E-state index in [-0.39, 0.29) is 5.78 Å². The first-order chi connectivity index (χ1) is 14.5. The first kappa shape index (κ1) is 27.1. The van der Waals surface area contributed by atoms with Crippen LogP contribution in [-0.2, 0) is 16.0 Å². The molecule has 3 atom stereocenters. The number of benzene rings is 1. The molecule has 0 radical (unpaired) electrons. The van der Waals surface area contributed by atoms with Crippen LogP contribution in [0.5, 0.6) is 0 Å². The van der Waals surface area contributed by atoms with Crippen LogP contribution < -0.4 is 11.1 Å². The molecule has 1 aliphatic carbocycles. The van der Waals surface area contributed by atoms with E-state index >= 15 is 0 Å². The van der Waals surface area contributed by atoms with Crippen LogP contribution in [0.15, 0.2) is 30.3 Å². The van der Waals surface area contributed by atoms with Gasteiger partial charge in [0.25, 0.3) is 0 Å². The van der Waals surface area contributed by atoms with Gasteiger partial charge in [-0.2, -0.15) is 0 Å². The molecule has 176 valence electrons. The minimum absolute atomic E-state index is 0.167. The summed E-state index contributed by atoms with van der Waals surface area (Å²) >= 11 is 0. The van der Waals surface area contributed by atoms with Crippen LogP contribution in [0.25, 0.3) is 0 Å². The molecule has 1 saturated carbocycles. The zero-order chi connectivity index (χ0) is 23.4. The van der Waals surface area contributed by atoms with Crippen molar-refractivity contribution in [3.63, 3.8) is 0 Å². The number of hydrogen-bond acceptors (Lipinski definition) is 5. The minimum atomic E-state index is -0.820. The largest absolute Gasteiger partial charge is 0.444 e. The number of nitrogens with one attached hydrogen (secondary N) is 1. The lowest BCUT2D eigenvalue weighted by molar-refractivity contribution is -0.115. The van der Waals surface area contributed by atoms with Gasteiger partial charge in [0, 0.05) is 6.04 Å². The minimum Gasteiger partial charge on any atom is -0.444 e. The van der Waals surface area contributed by atoms with Gasteiger partial charge in [-0.05, 0) is 58.9 Å². The molecule has 1 aliphatic rings. The number of ketones is 1. The molecule has 6 nitrogen and oxygen atoms in total. The summed E-state index contributed by atoms with van der Waals surface area (Å²) in [5, 5.41) is 13.8. The molecule has 4 N–H and O–H groups in total. The highest BCUT2D eigenvalue weighted by atomic mass is 16.6. The third-order valence-corrected chi connectivity index (χ3v) is 5.18. The monoisotopic (exact) mass is 434 g/mol. The number of aliphatic hydroxyl groups is 1. The Bertz CT molecular complexity index is 647. The van der Waals surface area contributed by atoms with Crippen molar-refractivity contribution in [2.75, 3.05) is 0 Å². The van der Waals surface area contributed by atoms with Crippen LogP contribution in [0.3, 0.4) is 0 Å². The van der Waals surface area contributed by atoms with Crippen molar-refractivity contribution >= 4 is 11.9 Å². The second-order valence-electron chi connectivity index (χ2n) is 9.74. The number of aliphatic hydroxyl groups excluding tert-OH is 1. The Morgan fingerprint density at radius 2 is 1.68 bits per heavy atom. The van der Waals surface area contributed by atoms with Crippen LogP contribution in [0, 0.1) is 5.92 Å². The molecule has 1 amide bonds. The summed E-state index contributed by atoms with van der Waals surface area (Å²) in [4.78, 5) is 21.8. The fourth-order valence-electron chi connectivity index (χ4n) is 3.83. The van der Waals surface area contributed by atoms with Crippen molar-refractivity contribution < 1.29 is 19.4 Å². The maximum Gasteiger partial charge on any atom is 0.407 e. The van der Waals surface area contributed by atoms with Crippen molar-refractivity contribution in [1.29, 1.82) is 0 Å². The van der Waals surface area contributed by atoms with E-state index in [1.54, 1.807) is 0 Å². The number of carbonyl (C=O) groups is 2. The van der Waals surface area contributed by atoms with Crippen LogP contribution in [0.1, 0.15) is 78.7 Å². The summed E-state index contributed by atoms with van der Waals surface area (Å²) in [7, 11) is 0. The summed E-state index contributed by atoms with van der Waals surface area (Å²) in [6.45, 7) is 8.56. The van der Waals surface area contributed by atoms with Crippen molar-refractivity contribution in [3.05, 3.63) is 35.9 Å². The van der Waals surface area contributed by atoms with Gasteiger partial charge in [0.2, 0.25) is 0 Å². The topological polar surface area (TPSA) is 102 Å². The van der Waals surface area contributed by atoms with Crippen molar-refractivity contribution in [1.82, 2.24) is 5.32 Å². The molecule has 0 spiro atoms. The summed E-state index contributed by atoms with van der Waals surface area (Å²) in [6, 6.07) is 9.05. The highest BCUT2D eigenvalue weighted by molar-refractivity contribution is 5.72. The SMILES string of the molecule is CC(C)(C)OC(=O)N[C@H](CC1CCCCC1)[C@@H](O)[C@H](N)Cc1ccccc1.CC(C)=O. The second-order valence-corrected chi connectivity index (χ2v) is 9.74. The predicted molar refractivity (Wildman–Crippen MR) is 125 cm³/mol. The predicted octanol–water partition coefficient (Wildman–Crippen LogP) is 4.38. The number of Topliss-reactive ketones (excluding diaryl/α,β-unsaturated/α-hetero) is 1. The van der Waals surface area contributed by atoms with Crippen LogP contribution >= 0.6 is 0 Å². The molecule has 0 bridgehead atoms. The van der Waals surface area contributed by atoms with E-state index in [0.717, 1.165) is 24.8 Å². The maximum absolute atomic E-state index is 12.3. The van der Waals surface area contributed by atoms with Gasteiger partial charge in [-0.15, -0.1) is 0 Å².